The normalized spacial score (nSPS) is 14.2. The molecule has 0 saturated heterocycles. The van der Waals surface area contributed by atoms with Crippen LogP contribution in [-0.4, -0.2) is 11.2 Å². The van der Waals surface area contributed by atoms with E-state index in [0.29, 0.717) is 4.90 Å². The molecule has 17 heavy (non-hydrogen) atoms. The van der Waals surface area contributed by atoms with Crippen molar-refractivity contribution in [3.8, 4) is 0 Å². The Kier molecular flexibility index (Phi) is 4.89. The molecule has 2 unspecified atom stereocenters. The van der Waals surface area contributed by atoms with E-state index < -0.39 is 11.6 Å². The molecule has 2 atom stereocenters. The summed E-state index contributed by atoms with van der Waals surface area (Å²) >= 11 is 1.30. The molecule has 0 saturated carbocycles. The first-order valence-electron chi connectivity index (χ1n) is 5.08. The van der Waals surface area contributed by atoms with Crippen LogP contribution in [0.4, 0.5) is 8.78 Å². The number of hydrogen-bond acceptors (Lipinski definition) is 3. The first-order valence-corrected chi connectivity index (χ1v) is 5.95. The van der Waals surface area contributed by atoms with Gasteiger partial charge in [0.15, 0.2) is 11.6 Å². The van der Waals surface area contributed by atoms with Gasteiger partial charge in [0.2, 0.25) is 5.91 Å². The topological polar surface area (TPSA) is 55.1 Å². The van der Waals surface area contributed by atoms with Crippen molar-refractivity contribution in [3.05, 3.63) is 29.8 Å². The Labute approximate surface area is 103 Å². The van der Waals surface area contributed by atoms with Crippen molar-refractivity contribution < 1.29 is 13.6 Å². The van der Waals surface area contributed by atoms with Crippen LogP contribution in [0, 0.1) is 17.6 Å². The molecule has 0 aliphatic rings. The van der Waals surface area contributed by atoms with E-state index in [1.54, 1.807) is 6.92 Å². The van der Waals surface area contributed by atoms with Crippen LogP contribution in [0.5, 0.6) is 0 Å². The highest BCUT2D eigenvalue weighted by atomic mass is 32.2. The van der Waals surface area contributed by atoms with E-state index in [1.165, 1.54) is 17.8 Å². The molecule has 0 spiro atoms. The van der Waals surface area contributed by atoms with Gasteiger partial charge < -0.3 is 0 Å². The highest BCUT2D eigenvalue weighted by molar-refractivity contribution is 8.00. The minimum Gasteiger partial charge on any atom is -0.294 e. The molecule has 0 aromatic heterocycles. The molecule has 0 aliphatic carbocycles. The van der Waals surface area contributed by atoms with Crippen molar-refractivity contribution in [1.29, 1.82) is 0 Å². The maximum Gasteiger partial charge on any atom is 0.237 e. The fraction of sp³-hybridized carbons (Fsp3) is 0.364. The maximum absolute atomic E-state index is 13.0. The third-order valence-electron chi connectivity index (χ3n) is 2.47. The number of carbonyl (C=O) groups is 1. The fourth-order valence-electron chi connectivity index (χ4n) is 1.21. The largest absolute Gasteiger partial charge is 0.294 e. The summed E-state index contributed by atoms with van der Waals surface area (Å²) in [6, 6.07) is 3.66. The SMILES string of the molecule is CC(Sc1ccc(F)c(F)c1)C(C)C(=O)NN. The van der Waals surface area contributed by atoms with Gasteiger partial charge in [0.1, 0.15) is 0 Å². The summed E-state index contributed by atoms with van der Waals surface area (Å²) in [4.78, 5) is 11.9. The summed E-state index contributed by atoms with van der Waals surface area (Å²) in [6.07, 6.45) is 0. The van der Waals surface area contributed by atoms with Crippen LogP contribution in [0.1, 0.15) is 13.8 Å². The lowest BCUT2D eigenvalue weighted by Crippen LogP contribution is -2.38. The quantitative estimate of drug-likeness (QED) is 0.377. The molecular formula is C11H14F2N2OS. The lowest BCUT2D eigenvalue weighted by atomic mass is 10.1. The molecule has 0 aliphatic heterocycles. The van der Waals surface area contributed by atoms with Crippen LogP contribution in [0.15, 0.2) is 23.1 Å². The number of rotatable bonds is 4. The number of halogens is 2. The van der Waals surface area contributed by atoms with Gasteiger partial charge in [-0.15, -0.1) is 11.8 Å². The average Bonchev–Trinajstić information content (AvgIpc) is 2.31. The predicted molar refractivity (Wildman–Crippen MR) is 63.2 cm³/mol. The number of carbonyl (C=O) groups excluding carboxylic acids is 1. The van der Waals surface area contributed by atoms with Crippen LogP contribution in [0.2, 0.25) is 0 Å². The Balaban J connectivity index is 2.70. The van der Waals surface area contributed by atoms with Gasteiger partial charge in [-0.05, 0) is 18.2 Å². The Hall–Kier alpha value is -1.14. The minimum atomic E-state index is -0.891. The van der Waals surface area contributed by atoms with Crippen LogP contribution < -0.4 is 11.3 Å². The van der Waals surface area contributed by atoms with Crippen molar-refractivity contribution in [2.75, 3.05) is 0 Å². The van der Waals surface area contributed by atoms with Crippen LogP contribution in [0.25, 0.3) is 0 Å². The Bertz CT molecular complexity index is 414. The summed E-state index contributed by atoms with van der Waals surface area (Å²) in [5.74, 6) is 2.65. The number of hydrazine groups is 1. The van der Waals surface area contributed by atoms with Crippen molar-refractivity contribution >= 4 is 17.7 Å². The highest BCUT2D eigenvalue weighted by Crippen LogP contribution is 2.28. The monoisotopic (exact) mass is 260 g/mol. The van der Waals surface area contributed by atoms with Crippen LogP contribution in [0.3, 0.4) is 0 Å². The minimum absolute atomic E-state index is 0.0941. The molecule has 3 N–H and O–H groups in total. The summed E-state index contributed by atoms with van der Waals surface area (Å²) < 4.78 is 25.7. The molecular weight excluding hydrogens is 246 g/mol. The molecule has 6 heteroatoms. The first kappa shape index (κ1) is 13.9. The molecule has 0 fully saturated rings. The second kappa shape index (κ2) is 5.97. The van der Waals surface area contributed by atoms with E-state index in [4.69, 9.17) is 5.84 Å². The van der Waals surface area contributed by atoms with E-state index in [1.807, 2.05) is 6.92 Å². The second-order valence-electron chi connectivity index (χ2n) is 3.70. The van der Waals surface area contributed by atoms with Crippen molar-refractivity contribution in [1.82, 2.24) is 5.43 Å². The van der Waals surface area contributed by atoms with E-state index in [2.05, 4.69) is 5.43 Å². The van der Waals surface area contributed by atoms with Crippen molar-refractivity contribution in [3.63, 3.8) is 0 Å². The number of nitrogens with two attached hydrogens (primary N) is 1. The third kappa shape index (κ3) is 3.67. The van der Waals surface area contributed by atoms with Crippen LogP contribution >= 0.6 is 11.8 Å². The average molecular weight is 260 g/mol. The van der Waals surface area contributed by atoms with E-state index in [9.17, 15) is 13.6 Å². The van der Waals surface area contributed by atoms with Gasteiger partial charge in [0, 0.05) is 16.1 Å². The molecule has 1 aromatic rings. The summed E-state index contributed by atoms with van der Waals surface area (Å²) in [7, 11) is 0. The maximum atomic E-state index is 13.0. The molecule has 0 heterocycles. The van der Waals surface area contributed by atoms with Gasteiger partial charge in [-0.1, -0.05) is 13.8 Å². The first-order chi connectivity index (χ1) is 7.95. The number of nitrogens with one attached hydrogen (secondary N) is 1. The fourth-order valence-corrected chi connectivity index (χ4v) is 2.29. The Morgan fingerprint density at radius 1 is 1.35 bits per heavy atom. The molecule has 1 rings (SSSR count). The second-order valence-corrected chi connectivity index (χ2v) is 5.15. The van der Waals surface area contributed by atoms with E-state index in [0.717, 1.165) is 12.1 Å². The van der Waals surface area contributed by atoms with Gasteiger partial charge in [-0.3, -0.25) is 10.2 Å². The van der Waals surface area contributed by atoms with Crippen LogP contribution in [-0.2, 0) is 4.79 Å². The van der Waals surface area contributed by atoms with Gasteiger partial charge in [-0.2, -0.15) is 0 Å². The zero-order chi connectivity index (χ0) is 13.0. The Morgan fingerprint density at radius 3 is 2.53 bits per heavy atom. The number of amides is 1. The van der Waals surface area contributed by atoms with Gasteiger partial charge in [-0.25, -0.2) is 14.6 Å². The molecule has 1 aromatic carbocycles. The van der Waals surface area contributed by atoms with Crippen molar-refractivity contribution in [2.24, 2.45) is 11.8 Å². The van der Waals surface area contributed by atoms with Gasteiger partial charge in [0.05, 0.1) is 0 Å². The van der Waals surface area contributed by atoms with Crippen molar-refractivity contribution in [2.45, 2.75) is 24.0 Å². The lowest BCUT2D eigenvalue weighted by Gasteiger charge is -2.17. The zero-order valence-corrected chi connectivity index (χ0v) is 10.4. The van der Waals surface area contributed by atoms with Gasteiger partial charge >= 0.3 is 0 Å². The van der Waals surface area contributed by atoms with E-state index in [-0.39, 0.29) is 17.1 Å². The third-order valence-corrected chi connectivity index (χ3v) is 3.78. The number of thioether (sulfide) groups is 1. The Morgan fingerprint density at radius 2 is 2.00 bits per heavy atom. The summed E-state index contributed by atoms with van der Waals surface area (Å²) in [5.41, 5.74) is 2.07. The molecule has 0 radical (unpaired) electrons. The smallest absolute Gasteiger partial charge is 0.237 e. The lowest BCUT2D eigenvalue weighted by molar-refractivity contribution is -0.124. The summed E-state index contributed by atoms with van der Waals surface area (Å²) in [5, 5.41) is -0.0941. The molecule has 0 bridgehead atoms. The predicted octanol–water partition coefficient (Wildman–Crippen LogP) is 2.07. The van der Waals surface area contributed by atoms with E-state index >= 15 is 0 Å². The molecule has 3 nitrogen and oxygen atoms in total. The number of hydrogen-bond donors (Lipinski definition) is 2. The zero-order valence-electron chi connectivity index (χ0n) is 9.54. The highest BCUT2D eigenvalue weighted by Gasteiger charge is 2.20. The molecule has 1 amide bonds. The summed E-state index contributed by atoms with van der Waals surface area (Å²) in [6.45, 7) is 3.55. The number of benzene rings is 1. The molecule has 94 valence electrons. The van der Waals surface area contributed by atoms with Gasteiger partial charge in [0.25, 0.3) is 0 Å². The standard InChI is InChI=1S/C11H14F2N2OS/c1-6(11(16)15-14)7(2)17-8-3-4-9(12)10(13)5-8/h3-7H,14H2,1-2H3,(H,15,16).